The van der Waals surface area contributed by atoms with Crippen molar-refractivity contribution in [1.82, 2.24) is 10.1 Å². The number of aliphatic hydroxyl groups is 1. The lowest BCUT2D eigenvalue weighted by atomic mass is 10.1. The largest absolute Gasteiger partial charge is 0.385 e. The van der Waals surface area contributed by atoms with Crippen molar-refractivity contribution in [2.75, 3.05) is 0 Å². The maximum atomic E-state index is 9.60. The van der Waals surface area contributed by atoms with Crippen molar-refractivity contribution < 1.29 is 9.63 Å². The molecule has 2 aromatic rings. The molecular formula is C13H16N2O2. The van der Waals surface area contributed by atoms with Crippen LogP contribution in [0.2, 0.25) is 0 Å². The maximum absolute atomic E-state index is 9.60. The highest BCUT2D eigenvalue weighted by Crippen LogP contribution is 2.22. The Hall–Kier alpha value is -1.68. The van der Waals surface area contributed by atoms with Gasteiger partial charge in [-0.3, -0.25) is 0 Å². The van der Waals surface area contributed by atoms with Crippen molar-refractivity contribution in [3.8, 4) is 11.5 Å². The van der Waals surface area contributed by atoms with Crippen LogP contribution in [0.15, 0.2) is 22.7 Å². The van der Waals surface area contributed by atoms with Gasteiger partial charge in [0, 0.05) is 5.56 Å². The first-order valence-electron chi connectivity index (χ1n) is 5.71. The molecule has 0 saturated carbocycles. The van der Waals surface area contributed by atoms with Crippen LogP contribution in [0.25, 0.3) is 11.5 Å². The van der Waals surface area contributed by atoms with Crippen LogP contribution in [-0.2, 0) is 0 Å². The molecule has 0 aliphatic heterocycles. The van der Waals surface area contributed by atoms with Gasteiger partial charge >= 0.3 is 0 Å². The number of benzene rings is 1. The van der Waals surface area contributed by atoms with Crippen molar-refractivity contribution in [1.29, 1.82) is 0 Å². The summed E-state index contributed by atoms with van der Waals surface area (Å²) >= 11 is 0. The number of aryl methyl sites for hydroxylation is 2. The van der Waals surface area contributed by atoms with Crippen molar-refractivity contribution in [2.24, 2.45) is 0 Å². The monoisotopic (exact) mass is 232 g/mol. The van der Waals surface area contributed by atoms with E-state index >= 15 is 0 Å². The smallest absolute Gasteiger partial charge is 0.258 e. The molecular weight excluding hydrogens is 216 g/mol. The summed E-state index contributed by atoms with van der Waals surface area (Å²) in [6.07, 6.45) is -0.0784. The highest BCUT2D eigenvalue weighted by Gasteiger charge is 2.14. The Kier molecular flexibility index (Phi) is 3.24. The standard InChI is InChI=1S/C13H16N2O2/c1-4-11(16)12-14-13(17-15-12)10-6-5-8(2)9(3)7-10/h5-7,11,16H,4H2,1-3H3. The van der Waals surface area contributed by atoms with Gasteiger partial charge in [0.15, 0.2) is 0 Å². The van der Waals surface area contributed by atoms with Crippen LogP contribution in [0.4, 0.5) is 0 Å². The maximum Gasteiger partial charge on any atom is 0.258 e. The lowest BCUT2D eigenvalue weighted by Gasteiger charge is -2.01. The van der Waals surface area contributed by atoms with Gasteiger partial charge in [-0.2, -0.15) is 4.98 Å². The van der Waals surface area contributed by atoms with Crippen LogP contribution in [0, 0.1) is 13.8 Å². The second-order valence-corrected chi connectivity index (χ2v) is 4.18. The fourth-order valence-electron chi connectivity index (χ4n) is 1.54. The van der Waals surface area contributed by atoms with E-state index in [0.29, 0.717) is 18.1 Å². The van der Waals surface area contributed by atoms with Crippen molar-refractivity contribution >= 4 is 0 Å². The summed E-state index contributed by atoms with van der Waals surface area (Å²) in [5.41, 5.74) is 3.29. The van der Waals surface area contributed by atoms with E-state index in [0.717, 1.165) is 5.56 Å². The molecule has 1 aromatic carbocycles. The highest BCUT2D eigenvalue weighted by molar-refractivity contribution is 5.55. The molecule has 0 radical (unpaired) electrons. The summed E-state index contributed by atoms with van der Waals surface area (Å²) in [7, 11) is 0. The van der Waals surface area contributed by atoms with Crippen LogP contribution in [0.1, 0.15) is 36.4 Å². The van der Waals surface area contributed by atoms with Gasteiger partial charge in [-0.15, -0.1) is 0 Å². The molecule has 0 bridgehead atoms. The number of hydrogen-bond acceptors (Lipinski definition) is 4. The molecule has 0 amide bonds. The summed E-state index contributed by atoms with van der Waals surface area (Å²) in [6.45, 7) is 5.97. The van der Waals surface area contributed by atoms with Crippen LogP contribution in [-0.4, -0.2) is 15.2 Å². The van der Waals surface area contributed by atoms with Crippen LogP contribution < -0.4 is 0 Å². The molecule has 0 saturated heterocycles. The Morgan fingerprint density at radius 3 is 2.71 bits per heavy atom. The quantitative estimate of drug-likeness (QED) is 0.884. The second kappa shape index (κ2) is 4.67. The van der Waals surface area contributed by atoms with E-state index in [9.17, 15) is 5.11 Å². The Morgan fingerprint density at radius 2 is 2.06 bits per heavy atom. The molecule has 0 aliphatic carbocycles. The molecule has 2 rings (SSSR count). The molecule has 1 aromatic heterocycles. The average molecular weight is 232 g/mol. The van der Waals surface area contributed by atoms with E-state index in [-0.39, 0.29) is 0 Å². The number of aromatic nitrogens is 2. The summed E-state index contributed by atoms with van der Waals surface area (Å²) in [6, 6.07) is 5.97. The van der Waals surface area contributed by atoms with Crippen molar-refractivity contribution in [3.05, 3.63) is 35.2 Å². The van der Waals surface area contributed by atoms with Gasteiger partial charge in [-0.05, 0) is 43.5 Å². The van der Waals surface area contributed by atoms with Gasteiger partial charge in [0.05, 0.1) is 0 Å². The molecule has 0 spiro atoms. The summed E-state index contributed by atoms with van der Waals surface area (Å²) in [5.74, 6) is 0.802. The summed E-state index contributed by atoms with van der Waals surface area (Å²) < 4.78 is 5.15. The summed E-state index contributed by atoms with van der Waals surface area (Å²) in [4.78, 5) is 4.19. The zero-order valence-electron chi connectivity index (χ0n) is 10.3. The lowest BCUT2D eigenvalue weighted by Crippen LogP contribution is -1.97. The Morgan fingerprint density at radius 1 is 1.29 bits per heavy atom. The first kappa shape index (κ1) is 11.8. The first-order chi connectivity index (χ1) is 8.11. The van der Waals surface area contributed by atoms with Crippen molar-refractivity contribution in [2.45, 2.75) is 33.3 Å². The zero-order valence-corrected chi connectivity index (χ0v) is 10.3. The third-order valence-electron chi connectivity index (χ3n) is 2.88. The van der Waals surface area contributed by atoms with Gasteiger partial charge in [0.25, 0.3) is 5.89 Å². The topological polar surface area (TPSA) is 59.2 Å². The van der Waals surface area contributed by atoms with E-state index in [1.54, 1.807) is 0 Å². The zero-order chi connectivity index (χ0) is 12.4. The predicted octanol–water partition coefficient (Wildman–Crippen LogP) is 2.80. The van der Waals surface area contributed by atoms with Crippen LogP contribution >= 0.6 is 0 Å². The number of nitrogens with zero attached hydrogens (tertiary/aromatic N) is 2. The third-order valence-corrected chi connectivity index (χ3v) is 2.88. The first-order valence-corrected chi connectivity index (χ1v) is 5.71. The third kappa shape index (κ3) is 2.36. The minimum atomic E-state index is -0.654. The van der Waals surface area contributed by atoms with E-state index in [2.05, 4.69) is 17.1 Å². The normalized spacial score (nSPS) is 12.7. The van der Waals surface area contributed by atoms with Gasteiger partial charge in [0.2, 0.25) is 5.82 Å². The van der Waals surface area contributed by atoms with Gasteiger partial charge in [-0.1, -0.05) is 18.1 Å². The molecule has 1 unspecified atom stereocenters. The average Bonchev–Trinajstić information content (AvgIpc) is 2.81. The number of hydrogen-bond donors (Lipinski definition) is 1. The molecule has 4 heteroatoms. The SMILES string of the molecule is CCC(O)c1noc(-c2ccc(C)c(C)c2)n1. The van der Waals surface area contributed by atoms with Gasteiger partial charge in [0.1, 0.15) is 6.10 Å². The lowest BCUT2D eigenvalue weighted by molar-refractivity contribution is 0.159. The predicted molar refractivity (Wildman–Crippen MR) is 64.5 cm³/mol. The molecule has 1 atom stereocenters. The van der Waals surface area contributed by atoms with Crippen LogP contribution in [0.3, 0.4) is 0 Å². The van der Waals surface area contributed by atoms with E-state index in [1.165, 1.54) is 11.1 Å². The Bertz CT molecular complexity index is 520. The van der Waals surface area contributed by atoms with E-state index in [4.69, 9.17) is 4.52 Å². The summed E-state index contributed by atoms with van der Waals surface area (Å²) in [5, 5.41) is 13.4. The van der Waals surface area contributed by atoms with E-state index in [1.807, 2.05) is 32.0 Å². The van der Waals surface area contributed by atoms with E-state index < -0.39 is 6.10 Å². The second-order valence-electron chi connectivity index (χ2n) is 4.18. The van der Waals surface area contributed by atoms with Crippen LogP contribution in [0.5, 0.6) is 0 Å². The minimum Gasteiger partial charge on any atom is -0.385 e. The van der Waals surface area contributed by atoms with Gasteiger partial charge in [-0.25, -0.2) is 0 Å². The Balaban J connectivity index is 2.33. The fourth-order valence-corrected chi connectivity index (χ4v) is 1.54. The highest BCUT2D eigenvalue weighted by atomic mass is 16.5. The number of rotatable bonds is 3. The molecule has 17 heavy (non-hydrogen) atoms. The molecule has 90 valence electrons. The fraction of sp³-hybridized carbons (Fsp3) is 0.385. The minimum absolute atomic E-state index is 0.348. The Labute approximate surface area is 100 Å². The number of aliphatic hydroxyl groups excluding tert-OH is 1. The van der Waals surface area contributed by atoms with Crippen molar-refractivity contribution in [3.63, 3.8) is 0 Å². The molecule has 0 aliphatic rings. The molecule has 4 nitrogen and oxygen atoms in total. The molecule has 1 heterocycles. The molecule has 1 N–H and O–H groups in total. The molecule has 0 fully saturated rings. The van der Waals surface area contributed by atoms with Gasteiger partial charge < -0.3 is 9.63 Å².